The molecule has 1 aromatic rings. The number of rotatable bonds is 3. The van der Waals surface area contributed by atoms with Crippen LogP contribution in [0, 0.1) is 19.3 Å². The number of aryl methyl sites for hydroxylation is 2. The summed E-state index contributed by atoms with van der Waals surface area (Å²) in [6, 6.07) is 0. The van der Waals surface area contributed by atoms with Gasteiger partial charge in [0.25, 0.3) is 0 Å². The predicted molar refractivity (Wildman–Crippen MR) is 79.0 cm³/mol. The third-order valence-corrected chi connectivity index (χ3v) is 4.44. The van der Waals surface area contributed by atoms with Crippen LogP contribution in [0.2, 0.25) is 0 Å². The van der Waals surface area contributed by atoms with Gasteiger partial charge in [-0.1, -0.05) is 0 Å². The van der Waals surface area contributed by atoms with Gasteiger partial charge in [-0.2, -0.15) is 0 Å². The summed E-state index contributed by atoms with van der Waals surface area (Å²) in [7, 11) is 0. The standard InChI is InChI=1S/C12H19N3O2S.ClH/c1-8-10(18-9(2)14-8)15-11(16)12(7-13)3-5-17-6-4-12;/h3-7,13H2,1-2H3,(H,15,16);1H. The van der Waals surface area contributed by atoms with Gasteiger partial charge in [-0.3, -0.25) is 4.79 Å². The number of carbonyl (C=O) groups is 1. The average Bonchev–Trinajstić information content (AvgIpc) is 2.68. The van der Waals surface area contributed by atoms with E-state index < -0.39 is 5.41 Å². The van der Waals surface area contributed by atoms with Crippen LogP contribution in [0.25, 0.3) is 0 Å². The highest BCUT2D eigenvalue weighted by Gasteiger charge is 2.39. The number of halogens is 1. The number of hydrogen-bond acceptors (Lipinski definition) is 5. The Labute approximate surface area is 123 Å². The summed E-state index contributed by atoms with van der Waals surface area (Å²) in [5.74, 6) is 0.0000463. The van der Waals surface area contributed by atoms with Crippen molar-refractivity contribution >= 4 is 34.7 Å². The fraction of sp³-hybridized carbons (Fsp3) is 0.667. The van der Waals surface area contributed by atoms with Crippen molar-refractivity contribution in [2.24, 2.45) is 11.1 Å². The van der Waals surface area contributed by atoms with Crippen LogP contribution in [0.15, 0.2) is 0 Å². The van der Waals surface area contributed by atoms with Gasteiger partial charge in [0.05, 0.1) is 16.1 Å². The van der Waals surface area contributed by atoms with E-state index in [9.17, 15) is 4.79 Å². The molecule has 0 aliphatic carbocycles. The molecule has 3 N–H and O–H groups in total. The van der Waals surface area contributed by atoms with E-state index in [0.29, 0.717) is 32.6 Å². The fourth-order valence-electron chi connectivity index (χ4n) is 2.17. The Morgan fingerprint density at radius 1 is 1.47 bits per heavy atom. The Balaban J connectivity index is 0.00000180. The van der Waals surface area contributed by atoms with Gasteiger partial charge in [0.2, 0.25) is 5.91 Å². The second-order valence-electron chi connectivity index (χ2n) is 4.70. The van der Waals surface area contributed by atoms with Crippen molar-refractivity contribution in [3.05, 3.63) is 10.7 Å². The van der Waals surface area contributed by atoms with Crippen LogP contribution in [0.3, 0.4) is 0 Å². The molecule has 0 atom stereocenters. The normalized spacial score (nSPS) is 17.6. The predicted octanol–water partition coefficient (Wildman–Crippen LogP) is 1.88. The summed E-state index contributed by atoms with van der Waals surface area (Å²) in [5.41, 5.74) is 6.19. The Kier molecular flexibility index (Phi) is 5.73. The molecule has 0 saturated carbocycles. The molecule has 0 unspecified atom stereocenters. The molecule has 1 aliphatic rings. The maximum absolute atomic E-state index is 12.4. The zero-order valence-electron chi connectivity index (χ0n) is 11.2. The molecular weight excluding hydrogens is 286 g/mol. The maximum atomic E-state index is 12.4. The van der Waals surface area contributed by atoms with Gasteiger partial charge in [-0.25, -0.2) is 4.98 Å². The Morgan fingerprint density at radius 2 is 2.11 bits per heavy atom. The third-order valence-electron chi connectivity index (χ3n) is 3.45. The van der Waals surface area contributed by atoms with Crippen LogP contribution in [0.4, 0.5) is 5.00 Å². The topological polar surface area (TPSA) is 77.2 Å². The van der Waals surface area contributed by atoms with E-state index in [1.165, 1.54) is 11.3 Å². The van der Waals surface area contributed by atoms with Crippen molar-refractivity contribution in [3.8, 4) is 0 Å². The zero-order chi connectivity index (χ0) is 13.2. The summed E-state index contributed by atoms with van der Waals surface area (Å²) in [6.07, 6.45) is 1.37. The number of thiazole rings is 1. The quantitative estimate of drug-likeness (QED) is 0.894. The third kappa shape index (κ3) is 3.45. The lowest BCUT2D eigenvalue weighted by Crippen LogP contribution is -2.46. The number of amides is 1. The van der Waals surface area contributed by atoms with Gasteiger partial charge in [0.15, 0.2) is 0 Å². The smallest absolute Gasteiger partial charge is 0.232 e. The van der Waals surface area contributed by atoms with Crippen molar-refractivity contribution < 1.29 is 9.53 Å². The van der Waals surface area contributed by atoms with Crippen molar-refractivity contribution in [1.29, 1.82) is 0 Å². The molecule has 0 spiro atoms. The first-order chi connectivity index (χ1) is 8.57. The molecule has 1 aliphatic heterocycles. The largest absolute Gasteiger partial charge is 0.381 e. The highest BCUT2D eigenvalue weighted by molar-refractivity contribution is 7.16. The number of nitrogens with two attached hydrogens (primary N) is 1. The van der Waals surface area contributed by atoms with E-state index in [4.69, 9.17) is 10.5 Å². The van der Waals surface area contributed by atoms with Gasteiger partial charge < -0.3 is 15.8 Å². The first-order valence-electron chi connectivity index (χ1n) is 6.11. The fourth-order valence-corrected chi connectivity index (χ4v) is 2.98. The van der Waals surface area contributed by atoms with Crippen LogP contribution in [0.1, 0.15) is 23.5 Å². The Morgan fingerprint density at radius 3 is 2.58 bits per heavy atom. The van der Waals surface area contributed by atoms with Crippen molar-refractivity contribution in [3.63, 3.8) is 0 Å². The molecule has 1 aromatic heterocycles. The maximum Gasteiger partial charge on any atom is 0.232 e. The molecule has 1 fully saturated rings. The summed E-state index contributed by atoms with van der Waals surface area (Å²) >= 11 is 1.50. The average molecular weight is 306 g/mol. The summed E-state index contributed by atoms with van der Waals surface area (Å²) in [5, 5.41) is 4.76. The summed E-state index contributed by atoms with van der Waals surface area (Å²) < 4.78 is 5.31. The van der Waals surface area contributed by atoms with E-state index in [2.05, 4.69) is 10.3 Å². The Bertz CT molecular complexity index is 444. The number of anilines is 1. The lowest BCUT2D eigenvalue weighted by Gasteiger charge is -2.34. The lowest BCUT2D eigenvalue weighted by atomic mass is 9.79. The SMILES string of the molecule is Cc1nc(C)c(NC(=O)C2(CN)CCOCC2)s1.Cl. The minimum atomic E-state index is -0.484. The van der Waals surface area contributed by atoms with Crippen LogP contribution < -0.4 is 11.1 Å². The van der Waals surface area contributed by atoms with Gasteiger partial charge in [-0.15, -0.1) is 23.7 Å². The molecule has 108 valence electrons. The number of aromatic nitrogens is 1. The van der Waals surface area contributed by atoms with Crippen molar-refractivity contribution in [1.82, 2.24) is 4.98 Å². The molecule has 0 radical (unpaired) electrons. The van der Waals surface area contributed by atoms with Crippen LogP contribution in [-0.2, 0) is 9.53 Å². The van der Waals surface area contributed by atoms with Crippen molar-refractivity contribution in [2.45, 2.75) is 26.7 Å². The van der Waals surface area contributed by atoms with E-state index >= 15 is 0 Å². The minimum absolute atomic E-state index is 0. The number of carbonyl (C=O) groups excluding carboxylic acids is 1. The van der Waals surface area contributed by atoms with Crippen LogP contribution in [-0.4, -0.2) is 30.6 Å². The van der Waals surface area contributed by atoms with Gasteiger partial charge in [0, 0.05) is 19.8 Å². The Hall–Kier alpha value is -0.690. The molecule has 1 saturated heterocycles. The second kappa shape index (κ2) is 6.65. The van der Waals surface area contributed by atoms with Crippen molar-refractivity contribution in [2.75, 3.05) is 25.1 Å². The summed E-state index contributed by atoms with van der Waals surface area (Å²) in [6.45, 7) is 5.40. The van der Waals surface area contributed by atoms with E-state index in [0.717, 1.165) is 15.7 Å². The molecule has 2 heterocycles. The van der Waals surface area contributed by atoms with Gasteiger partial charge in [-0.05, 0) is 26.7 Å². The number of hydrogen-bond donors (Lipinski definition) is 2. The first-order valence-corrected chi connectivity index (χ1v) is 6.92. The van der Waals surface area contributed by atoms with E-state index in [1.807, 2.05) is 13.8 Å². The minimum Gasteiger partial charge on any atom is -0.381 e. The molecule has 0 bridgehead atoms. The van der Waals surface area contributed by atoms with E-state index in [-0.39, 0.29) is 18.3 Å². The van der Waals surface area contributed by atoms with Gasteiger partial charge >= 0.3 is 0 Å². The lowest BCUT2D eigenvalue weighted by molar-refractivity contribution is -0.130. The molecule has 5 nitrogen and oxygen atoms in total. The summed E-state index contributed by atoms with van der Waals surface area (Å²) in [4.78, 5) is 16.7. The van der Waals surface area contributed by atoms with Crippen LogP contribution >= 0.6 is 23.7 Å². The molecule has 19 heavy (non-hydrogen) atoms. The van der Waals surface area contributed by atoms with Crippen LogP contribution in [0.5, 0.6) is 0 Å². The number of nitrogens with one attached hydrogen (secondary N) is 1. The molecule has 7 heteroatoms. The number of nitrogens with zero attached hydrogens (tertiary/aromatic N) is 1. The highest BCUT2D eigenvalue weighted by Crippen LogP contribution is 2.32. The molecule has 0 aromatic carbocycles. The molecular formula is C12H20ClN3O2S. The van der Waals surface area contributed by atoms with E-state index in [1.54, 1.807) is 0 Å². The second-order valence-corrected chi connectivity index (χ2v) is 5.90. The first kappa shape index (κ1) is 16.4. The molecule has 2 rings (SSSR count). The highest BCUT2D eigenvalue weighted by atomic mass is 35.5. The molecule has 1 amide bonds. The number of ether oxygens (including phenoxy) is 1. The monoisotopic (exact) mass is 305 g/mol. The van der Waals surface area contributed by atoms with Gasteiger partial charge in [0.1, 0.15) is 5.00 Å². The zero-order valence-corrected chi connectivity index (χ0v) is 12.8.